The number of ether oxygens (including phenoxy) is 1. The molecule has 2 heterocycles. The molecule has 13 rings (SSSR count). The van der Waals surface area contributed by atoms with E-state index in [4.69, 9.17) is 4.74 Å². The van der Waals surface area contributed by atoms with Gasteiger partial charge in [-0.2, -0.15) is 0 Å². The molecule has 1 aliphatic carbocycles. The van der Waals surface area contributed by atoms with Crippen molar-refractivity contribution < 1.29 is 4.74 Å². The van der Waals surface area contributed by atoms with E-state index in [-0.39, 0.29) is 0 Å². The Morgan fingerprint density at radius 2 is 1.08 bits per heavy atom. The average molecular weight is 782 g/mol. The van der Waals surface area contributed by atoms with Crippen LogP contribution in [0.25, 0.3) is 64.0 Å². The van der Waals surface area contributed by atoms with Crippen LogP contribution >= 0.6 is 11.3 Å². The molecule has 1 atom stereocenters. The second-order valence-electron chi connectivity index (χ2n) is 15.9. The molecule has 0 saturated heterocycles. The lowest BCUT2D eigenvalue weighted by Gasteiger charge is -2.40. The van der Waals surface area contributed by atoms with Gasteiger partial charge in [0.25, 0.3) is 0 Å². The average Bonchev–Trinajstić information content (AvgIpc) is 3.84. The van der Waals surface area contributed by atoms with Crippen LogP contribution < -0.4 is 9.64 Å². The van der Waals surface area contributed by atoms with Gasteiger partial charge >= 0.3 is 0 Å². The van der Waals surface area contributed by atoms with Gasteiger partial charge in [0.1, 0.15) is 11.5 Å². The maximum absolute atomic E-state index is 6.93. The lowest BCUT2D eigenvalue weighted by molar-refractivity contribution is 0.442. The molecular formula is C57H35NOS. The van der Waals surface area contributed by atoms with Crippen LogP contribution in [0.2, 0.25) is 0 Å². The minimum absolute atomic E-state index is 0.571. The number of hydrogen-bond acceptors (Lipinski definition) is 3. The smallest absolute Gasteiger partial charge is 0.140 e. The van der Waals surface area contributed by atoms with Gasteiger partial charge < -0.3 is 9.64 Å². The predicted octanol–water partition coefficient (Wildman–Crippen LogP) is 16.0. The van der Waals surface area contributed by atoms with E-state index in [1.165, 1.54) is 86.5 Å². The number of fused-ring (bicyclic) bond motifs is 15. The molecule has 0 saturated carbocycles. The fourth-order valence-corrected chi connectivity index (χ4v) is 11.6. The highest BCUT2D eigenvalue weighted by atomic mass is 32.1. The fraction of sp³-hybridized carbons (Fsp3) is 0.0175. The highest BCUT2D eigenvalue weighted by molar-refractivity contribution is 7.26. The third-order valence-electron chi connectivity index (χ3n) is 12.9. The molecular weight excluding hydrogens is 747 g/mol. The zero-order chi connectivity index (χ0) is 39.4. The van der Waals surface area contributed by atoms with Crippen LogP contribution in [0.4, 0.5) is 17.1 Å². The van der Waals surface area contributed by atoms with Gasteiger partial charge in [0.2, 0.25) is 0 Å². The Balaban J connectivity index is 1.06. The molecule has 1 aliphatic heterocycles. The summed E-state index contributed by atoms with van der Waals surface area (Å²) in [6, 6.07) is 77.9. The maximum atomic E-state index is 6.93. The summed E-state index contributed by atoms with van der Waals surface area (Å²) in [6.07, 6.45) is 0. The molecule has 0 N–H and O–H groups in total. The molecule has 0 fully saturated rings. The normalized spacial score (nSPS) is 14.9. The molecule has 1 unspecified atom stereocenters. The molecule has 1 spiro atoms. The first kappa shape index (κ1) is 33.5. The van der Waals surface area contributed by atoms with E-state index >= 15 is 0 Å². The minimum Gasteiger partial charge on any atom is -0.456 e. The highest BCUT2D eigenvalue weighted by Crippen LogP contribution is 2.63. The van der Waals surface area contributed by atoms with Gasteiger partial charge in [0.05, 0.1) is 16.8 Å². The number of para-hydroxylation sites is 2. The van der Waals surface area contributed by atoms with Crippen molar-refractivity contribution in [3.63, 3.8) is 0 Å². The van der Waals surface area contributed by atoms with Crippen LogP contribution in [0, 0.1) is 0 Å². The summed E-state index contributed by atoms with van der Waals surface area (Å²) in [5, 5.41) is 7.27. The van der Waals surface area contributed by atoms with E-state index in [9.17, 15) is 0 Å². The van der Waals surface area contributed by atoms with Crippen molar-refractivity contribution in [2.75, 3.05) is 4.90 Å². The Hall–Kier alpha value is -7.46. The molecule has 1 aromatic heterocycles. The summed E-state index contributed by atoms with van der Waals surface area (Å²) in [6.45, 7) is 0. The van der Waals surface area contributed by atoms with Crippen LogP contribution in [0.5, 0.6) is 11.5 Å². The SMILES string of the molecule is c1ccc(N(c2ccc(-c3ccc4c(c3)C3(c5ccccc5Oc5c3ccc3ccccc53)c3ccccc3-4)c3ccccc23)c2cccc3sc4ccccc4c23)cc1. The standard InChI is InChI=1S/C57H35NOS/c1-2-16-38(17-3-1)58(51-25-14-28-54-55(51)45-22-9-13-27-53(45)60-54)50-34-32-39(41-19-6-7-21-44(41)50)37-29-31-43-42-20-8-10-23-46(42)57(49(43)35-37)47-24-11-12-26-52(47)59-56-40-18-5-4-15-36(40)30-33-48(56)57/h1-35H. The number of thiophene rings is 1. The van der Waals surface area contributed by atoms with Gasteiger partial charge in [0, 0.05) is 47.8 Å². The van der Waals surface area contributed by atoms with Crippen LogP contribution in [-0.2, 0) is 5.41 Å². The molecule has 280 valence electrons. The predicted molar refractivity (Wildman–Crippen MR) is 252 cm³/mol. The molecule has 2 aliphatic rings. The van der Waals surface area contributed by atoms with E-state index in [0.29, 0.717) is 0 Å². The van der Waals surface area contributed by atoms with Gasteiger partial charge in [-0.05, 0) is 92.7 Å². The highest BCUT2D eigenvalue weighted by Gasteiger charge is 2.51. The van der Waals surface area contributed by atoms with Crippen molar-refractivity contribution in [2.45, 2.75) is 5.41 Å². The molecule has 3 heteroatoms. The number of nitrogens with zero attached hydrogens (tertiary/aromatic N) is 1. The van der Waals surface area contributed by atoms with Crippen LogP contribution in [0.15, 0.2) is 212 Å². The van der Waals surface area contributed by atoms with Gasteiger partial charge in [-0.25, -0.2) is 0 Å². The van der Waals surface area contributed by atoms with Crippen molar-refractivity contribution in [1.82, 2.24) is 0 Å². The van der Waals surface area contributed by atoms with E-state index in [1.54, 1.807) is 0 Å². The molecule has 10 aromatic carbocycles. The summed E-state index contributed by atoms with van der Waals surface area (Å²) >= 11 is 1.86. The van der Waals surface area contributed by atoms with Crippen molar-refractivity contribution in [1.29, 1.82) is 0 Å². The molecule has 60 heavy (non-hydrogen) atoms. The Morgan fingerprint density at radius 1 is 0.400 bits per heavy atom. The summed E-state index contributed by atoms with van der Waals surface area (Å²) in [5.74, 6) is 1.84. The lowest BCUT2D eigenvalue weighted by Crippen LogP contribution is -2.32. The maximum Gasteiger partial charge on any atom is 0.140 e. The van der Waals surface area contributed by atoms with Crippen molar-refractivity contribution in [2.24, 2.45) is 0 Å². The number of hydrogen-bond donors (Lipinski definition) is 0. The van der Waals surface area contributed by atoms with Gasteiger partial charge in [0.15, 0.2) is 0 Å². The van der Waals surface area contributed by atoms with Crippen LogP contribution in [-0.4, -0.2) is 0 Å². The zero-order valence-corrected chi connectivity index (χ0v) is 33.3. The minimum atomic E-state index is -0.571. The van der Waals surface area contributed by atoms with Gasteiger partial charge in [-0.15, -0.1) is 11.3 Å². The van der Waals surface area contributed by atoms with Gasteiger partial charge in [-0.3, -0.25) is 0 Å². The summed E-state index contributed by atoms with van der Waals surface area (Å²) < 4.78 is 9.51. The second-order valence-corrected chi connectivity index (χ2v) is 17.0. The first-order chi connectivity index (χ1) is 29.8. The number of anilines is 3. The number of rotatable bonds is 4. The van der Waals surface area contributed by atoms with Crippen LogP contribution in [0.1, 0.15) is 22.3 Å². The first-order valence-electron chi connectivity index (χ1n) is 20.6. The molecule has 2 nitrogen and oxygen atoms in total. The topological polar surface area (TPSA) is 12.5 Å². The monoisotopic (exact) mass is 781 g/mol. The van der Waals surface area contributed by atoms with E-state index in [0.717, 1.165) is 28.3 Å². The third-order valence-corrected chi connectivity index (χ3v) is 14.1. The van der Waals surface area contributed by atoms with Gasteiger partial charge in [-0.1, -0.05) is 164 Å². The largest absolute Gasteiger partial charge is 0.456 e. The van der Waals surface area contributed by atoms with E-state index in [1.807, 2.05) is 11.3 Å². The second kappa shape index (κ2) is 12.8. The Labute approximate surface area is 351 Å². The Morgan fingerprint density at radius 3 is 1.98 bits per heavy atom. The third kappa shape index (κ3) is 4.58. The molecule has 0 bridgehead atoms. The zero-order valence-electron chi connectivity index (χ0n) is 32.5. The summed E-state index contributed by atoms with van der Waals surface area (Å²) in [4.78, 5) is 2.46. The summed E-state index contributed by atoms with van der Waals surface area (Å²) in [5.41, 5.74) is 12.7. The Bertz CT molecular complexity index is 3550. The number of benzene rings is 10. The Kier molecular flexibility index (Phi) is 7.13. The van der Waals surface area contributed by atoms with Crippen molar-refractivity contribution in [3.8, 4) is 33.8 Å². The summed E-state index contributed by atoms with van der Waals surface area (Å²) in [7, 11) is 0. The van der Waals surface area contributed by atoms with Crippen molar-refractivity contribution in [3.05, 3.63) is 235 Å². The van der Waals surface area contributed by atoms with E-state index in [2.05, 4.69) is 217 Å². The lowest BCUT2D eigenvalue weighted by atomic mass is 9.65. The van der Waals surface area contributed by atoms with E-state index < -0.39 is 5.41 Å². The molecule has 0 amide bonds. The quantitative estimate of drug-likeness (QED) is 0.176. The van der Waals surface area contributed by atoms with Crippen LogP contribution in [0.3, 0.4) is 0 Å². The fourth-order valence-electron chi connectivity index (χ4n) is 10.5. The first-order valence-corrected chi connectivity index (χ1v) is 21.4. The van der Waals surface area contributed by atoms with Crippen molar-refractivity contribution >= 4 is 70.1 Å². The molecule has 11 aromatic rings. The molecule has 0 radical (unpaired) electrons.